The molecule has 0 bridgehead atoms. The van der Waals surface area contributed by atoms with Gasteiger partial charge in [0.05, 0.1) is 4.90 Å². The van der Waals surface area contributed by atoms with Crippen molar-refractivity contribution in [2.75, 3.05) is 38.2 Å². The minimum atomic E-state index is -4.11. The Bertz CT molecular complexity index is 1730. The lowest BCUT2D eigenvalue weighted by Gasteiger charge is -2.44. The van der Waals surface area contributed by atoms with Crippen LogP contribution in [0.5, 0.6) is 0 Å². The van der Waals surface area contributed by atoms with Crippen LogP contribution in [0.4, 0.5) is 19.3 Å². The lowest BCUT2D eigenvalue weighted by molar-refractivity contribution is 0.00512. The highest BCUT2D eigenvalue weighted by Gasteiger charge is 2.43. The third-order valence-electron chi connectivity index (χ3n) is 9.62. The van der Waals surface area contributed by atoms with Crippen molar-refractivity contribution in [2.45, 2.75) is 87.9 Å². The average molecular weight is 747 g/mol. The van der Waals surface area contributed by atoms with E-state index < -0.39 is 45.4 Å². The molecule has 3 aromatic rings. The number of benzene rings is 3. The standard InChI is InChI=1S/C38H49ClF2N4O5S/c1-25-23-44(37(46)50-38(2,3)4)24-30(45(25)51(47,48)31-15-12-29(40)13-16-31)14-17-32-33(41)6-5-7-35(32)43-22-34(42)36(27-18-20-49-21-19-27)26-8-10-28(39)11-9-26/h5-13,15-16,25,27,30,34,36,43H,14,17-24,42H2,1-4H3. The second-order valence-corrected chi connectivity index (χ2v) is 16.8. The number of nitrogens with zero attached hydrogens (tertiary/aromatic N) is 2. The van der Waals surface area contributed by atoms with E-state index in [0.717, 1.165) is 30.5 Å². The lowest BCUT2D eigenvalue weighted by Crippen LogP contribution is -2.61. The van der Waals surface area contributed by atoms with Crippen LogP contribution in [-0.4, -0.2) is 80.3 Å². The van der Waals surface area contributed by atoms with Crippen LogP contribution < -0.4 is 11.1 Å². The summed E-state index contributed by atoms with van der Waals surface area (Å²) < 4.78 is 70.1. The van der Waals surface area contributed by atoms with Gasteiger partial charge < -0.3 is 25.4 Å². The zero-order chi connectivity index (χ0) is 36.9. The van der Waals surface area contributed by atoms with Crippen molar-refractivity contribution < 1.29 is 31.5 Å². The number of ether oxygens (including phenoxy) is 2. The van der Waals surface area contributed by atoms with Crippen LogP contribution in [0.2, 0.25) is 5.02 Å². The van der Waals surface area contributed by atoms with Gasteiger partial charge in [-0.05, 0) is 113 Å². The Balaban J connectivity index is 1.38. The highest BCUT2D eigenvalue weighted by Crippen LogP contribution is 2.36. The second kappa shape index (κ2) is 16.6. The van der Waals surface area contributed by atoms with E-state index in [2.05, 4.69) is 5.32 Å². The van der Waals surface area contributed by atoms with E-state index in [1.807, 2.05) is 24.3 Å². The van der Waals surface area contributed by atoms with E-state index >= 15 is 4.39 Å². The van der Waals surface area contributed by atoms with E-state index in [-0.39, 0.29) is 42.8 Å². The van der Waals surface area contributed by atoms with Crippen LogP contribution in [0.1, 0.15) is 64.0 Å². The van der Waals surface area contributed by atoms with E-state index in [1.54, 1.807) is 39.8 Å². The number of carbonyl (C=O) groups is 1. The van der Waals surface area contributed by atoms with Crippen LogP contribution in [0.25, 0.3) is 0 Å². The van der Waals surface area contributed by atoms with Gasteiger partial charge in [-0.25, -0.2) is 22.0 Å². The van der Waals surface area contributed by atoms with Crippen molar-refractivity contribution in [2.24, 2.45) is 11.7 Å². The van der Waals surface area contributed by atoms with Crippen molar-refractivity contribution in [1.29, 1.82) is 0 Å². The maximum Gasteiger partial charge on any atom is 0.410 e. The van der Waals surface area contributed by atoms with E-state index in [9.17, 15) is 17.6 Å². The molecular formula is C38H49ClF2N4O5S. The highest BCUT2D eigenvalue weighted by molar-refractivity contribution is 7.89. The summed E-state index contributed by atoms with van der Waals surface area (Å²) in [6.45, 7) is 8.84. The number of hydrogen-bond acceptors (Lipinski definition) is 7. The summed E-state index contributed by atoms with van der Waals surface area (Å²) in [4.78, 5) is 14.6. The molecule has 2 fully saturated rings. The Morgan fingerprint density at radius 1 is 1.04 bits per heavy atom. The molecule has 0 aromatic heterocycles. The molecule has 278 valence electrons. The number of amides is 1. The summed E-state index contributed by atoms with van der Waals surface area (Å²) >= 11 is 6.19. The average Bonchev–Trinajstić information content (AvgIpc) is 3.07. The molecule has 2 aliphatic rings. The summed E-state index contributed by atoms with van der Waals surface area (Å²) in [5.74, 6) is -0.671. The van der Waals surface area contributed by atoms with Crippen LogP contribution in [0, 0.1) is 17.6 Å². The molecule has 4 unspecified atom stereocenters. The van der Waals surface area contributed by atoms with E-state index in [4.69, 9.17) is 26.8 Å². The Kier molecular flexibility index (Phi) is 12.7. The van der Waals surface area contributed by atoms with Crippen LogP contribution in [0.3, 0.4) is 0 Å². The number of nitrogens with one attached hydrogen (secondary N) is 1. The van der Waals surface area contributed by atoms with E-state index in [0.29, 0.717) is 41.9 Å². The van der Waals surface area contributed by atoms with Crippen molar-refractivity contribution in [1.82, 2.24) is 9.21 Å². The molecule has 0 spiro atoms. The molecule has 0 radical (unpaired) electrons. The second-order valence-electron chi connectivity index (χ2n) is 14.6. The molecule has 2 saturated heterocycles. The summed E-state index contributed by atoms with van der Waals surface area (Å²) in [7, 11) is -4.11. The molecule has 2 aliphatic heterocycles. The van der Waals surface area contributed by atoms with E-state index in [1.165, 1.54) is 27.4 Å². The van der Waals surface area contributed by atoms with Crippen molar-refractivity contribution in [3.8, 4) is 0 Å². The van der Waals surface area contributed by atoms with Gasteiger partial charge in [0.25, 0.3) is 0 Å². The van der Waals surface area contributed by atoms with Crippen LogP contribution >= 0.6 is 11.6 Å². The normalized spacial score (nSPS) is 20.5. The molecule has 4 atom stereocenters. The fourth-order valence-electron chi connectivity index (χ4n) is 7.30. The first-order valence-electron chi connectivity index (χ1n) is 17.5. The monoisotopic (exact) mass is 746 g/mol. The third kappa shape index (κ3) is 9.78. The van der Waals surface area contributed by atoms with Gasteiger partial charge in [0, 0.05) is 73.2 Å². The molecule has 5 rings (SSSR count). The Hall–Kier alpha value is -3.29. The fourth-order valence-corrected chi connectivity index (χ4v) is 9.25. The molecule has 51 heavy (non-hydrogen) atoms. The van der Waals surface area contributed by atoms with Gasteiger partial charge in [0.15, 0.2) is 0 Å². The molecule has 0 saturated carbocycles. The molecular weight excluding hydrogens is 698 g/mol. The molecule has 0 aliphatic carbocycles. The Morgan fingerprint density at radius 3 is 2.35 bits per heavy atom. The Labute approximate surface area is 305 Å². The number of nitrogens with two attached hydrogens (primary N) is 1. The summed E-state index contributed by atoms with van der Waals surface area (Å²) in [5.41, 5.74) is 8.19. The topological polar surface area (TPSA) is 114 Å². The SMILES string of the molecule is CC1CN(C(=O)OC(C)(C)C)CC(CCc2c(F)cccc2NCC(N)C(c2ccc(Cl)cc2)C2CCOCC2)N1S(=O)(=O)c1ccc(F)cc1. The molecule has 13 heteroatoms. The summed E-state index contributed by atoms with van der Waals surface area (Å²) in [6, 6.07) is 15.5. The van der Waals surface area contributed by atoms with Gasteiger partial charge in [0.1, 0.15) is 17.2 Å². The predicted octanol–water partition coefficient (Wildman–Crippen LogP) is 7.20. The van der Waals surface area contributed by atoms with Crippen LogP contribution in [-0.2, 0) is 25.9 Å². The van der Waals surface area contributed by atoms with Gasteiger partial charge in [-0.2, -0.15) is 4.31 Å². The summed E-state index contributed by atoms with van der Waals surface area (Å²) in [5, 5.41) is 4.05. The first kappa shape index (κ1) is 38.9. The quantitative estimate of drug-likeness (QED) is 0.213. The number of rotatable bonds is 11. The largest absolute Gasteiger partial charge is 0.444 e. The van der Waals surface area contributed by atoms with Gasteiger partial charge in [-0.1, -0.05) is 29.8 Å². The lowest BCUT2D eigenvalue weighted by atomic mass is 9.77. The number of halogens is 3. The van der Waals surface area contributed by atoms with Crippen molar-refractivity contribution in [3.63, 3.8) is 0 Å². The van der Waals surface area contributed by atoms with Gasteiger partial charge >= 0.3 is 6.09 Å². The van der Waals surface area contributed by atoms with Crippen molar-refractivity contribution in [3.05, 3.63) is 94.5 Å². The van der Waals surface area contributed by atoms with Gasteiger partial charge in [-0.15, -0.1) is 0 Å². The minimum Gasteiger partial charge on any atom is -0.444 e. The molecule has 2 heterocycles. The number of piperazine rings is 1. The van der Waals surface area contributed by atoms with Crippen LogP contribution in [0.15, 0.2) is 71.6 Å². The van der Waals surface area contributed by atoms with Crippen molar-refractivity contribution >= 4 is 33.4 Å². The maximum atomic E-state index is 15.6. The number of carbonyl (C=O) groups excluding carboxylic acids is 1. The Morgan fingerprint density at radius 2 is 1.71 bits per heavy atom. The molecule has 3 aromatic carbocycles. The minimum absolute atomic E-state index is 0.0171. The maximum absolute atomic E-state index is 15.6. The molecule has 1 amide bonds. The zero-order valence-electron chi connectivity index (χ0n) is 29.7. The highest BCUT2D eigenvalue weighted by atomic mass is 35.5. The third-order valence-corrected chi connectivity index (χ3v) is 11.9. The first-order valence-corrected chi connectivity index (χ1v) is 19.3. The van der Waals surface area contributed by atoms with Gasteiger partial charge in [-0.3, -0.25) is 0 Å². The fraction of sp³-hybridized carbons (Fsp3) is 0.500. The zero-order valence-corrected chi connectivity index (χ0v) is 31.2. The smallest absolute Gasteiger partial charge is 0.410 e. The molecule has 3 N–H and O–H groups in total. The predicted molar refractivity (Wildman–Crippen MR) is 195 cm³/mol. The number of hydrogen-bond donors (Lipinski definition) is 2. The molecule has 9 nitrogen and oxygen atoms in total. The number of anilines is 1. The number of sulfonamides is 1. The first-order chi connectivity index (χ1) is 24.1. The summed E-state index contributed by atoms with van der Waals surface area (Å²) in [6.07, 6.45) is 1.56. The van der Waals surface area contributed by atoms with Gasteiger partial charge in [0.2, 0.25) is 10.0 Å².